The maximum Gasteiger partial charge on any atom is 0.250 e. The number of carbonyl (C=O) groups is 1. The zero-order valence-corrected chi connectivity index (χ0v) is 22.4. The number of benzene rings is 3. The Balaban J connectivity index is 0.00000302. The number of hydrogen-bond donors (Lipinski definition) is 1. The molecule has 9 heteroatoms. The van der Waals surface area contributed by atoms with Crippen molar-refractivity contribution in [2.24, 2.45) is 0 Å². The molecule has 0 unspecified atom stereocenters. The number of rotatable bonds is 7. The summed E-state index contributed by atoms with van der Waals surface area (Å²) < 4.78 is 15.5. The lowest BCUT2D eigenvalue weighted by atomic mass is 9.84. The Morgan fingerprint density at radius 3 is 2.49 bits per heavy atom. The minimum absolute atomic E-state index is 0. The number of carbonyl (C=O) groups excluding carboxylic acids is 1. The third kappa shape index (κ3) is 4.67. The molecule has 2 fully saturated rings. The van der Waals surface area contributed by atoms with E-state index in [-0.39, 0.29) is 25.8 Å². The monoisotopic (exact) mass is 556 g/mol. The van der Waals surface area contributed by atoms with Crippen LogP contribution in [-0.2, 0) is 24.4 Å². The van der Waals surface area contributed by atoms with E-state index in [1.165, 1.54) is 34.0 Å². The van der Waals surface area contributed by atoms with Crippen LogP contribution in [0.15, 0.2) is 66.9 Å². The van der Waals surface area contributed by atoms with Crippen LogP contribution in [0.4, 0.5) is 10.1 Å². The Kier molecular flexibility index (Phi) is 7.25. The van der Waals surface area contributed by atoms with Crippen LogP contribution in [0.25, 0.3) is 10.8 Å². The molecule has 0 saturated carbocycles. The quantitative estimate of drug-likeness (QED) is 0.361. The van der Waals surface area contributed by atoms with Gasteiger partial charge in [0, 0.05) is 37.9 Å². The minimum atomic E-state index is -0.636. The van der Waals surface area contributed by atoms with E-state index in [4.69, 9.17) is 0 Å². The molecule has 3 heterocycles. The van der Waals surface area contributed by atoms with Gasteiger partial charge in [-0.25, -0.2) is 4.39 Å². The third-order valence-corrected chi connectivity index (χ3v) is 9.08. The predicted octanol–water partition coefficient (Wildman–Crippen LogP) is 4.53. The van der Waals surface area contributed by atoms with Crippen LogP contribution in [0.5, 0.6) is 0 Å². The Labute approximate surface area is 240 Å². The number of aliphatic hydroxyl groups is 1. The van der Waals surface area contributed by atoms with Gasteiger partial charge in [-0.15, -0.1) is 5.10 Å². The first kappa shape index (κ1) is 27.4. The molecule has 0 bridgehead atoms. The lowest BCUT2D eigenvalue weighted by molar-refractivity contribution is -0.133. The molecule has 3 aliphatic rings. The zero-order valence-electron chi connectivity index (χ0n) is 22.4. The largest absolute Gasteiger partial charge is 0.390 e. The molecule has 0 radical (unpaired) electrons. The molecule has 2 aliphatic heterocycles. The second kappa shape index (κ2) is 10.9. The number of anilines is 1. The smallest absolute Gasteiger partial charge is 0.250 e. The molecule has 4 aromatic rings. The molecule has 1 atom stereocenters. The molecule has 7 rings (SSSR count). The molecule has 41 heavy (non-hydrogen) atoms. The van der Waals surface area contributed by atoms with Crippen molar-refractivity contribution in [2.45, 2.75) is 57.8 Å². The summed E-state index contributed by atoms with van der Waals surface area (Å²) >= 11 is 0. The fourth-order valence-corrected chi connectivity index (χ4v) is 7.08. The number of aromatic nitrogens is 3. The van der Waals surface area contributed by atoms with Gasteiger partial charge in [0.25, 0.3) is 0 Å². The Morgan fingerprint density at radius 1 is 1.00 bits per heavy atom. The molecular weight excluding hydrogens is 519 g/mol. The first-order valence-electron chi connectivity index (χ1n) is 14.1. The molecule has 8 nitrogen and oxygen atoms in total. The molecular formula is C32H37FN6O2. The average Bonchev–Trinajstić information content (AvgIpc) is 3.67. The molecule has 1 aromatic heterocycles. The lowest BCUT2D eigenvalue weighted by Gasteiger charge is -2.45. The fraction of sp³-hybridized carbons (Fsp3) is 0.406. The number of piperidine rings is 1. The van der Waals surface area contributed by atoms with E-state index in [9.17, 15) is 14.3 Å². The Bertz CT molecular complexity index is 1540. The lowest BCUT2D eigenvalue weighted by Crippen LogP contribution is -2.57. The van der Waals surface area contributed by atoms with Gasteiger partial charge in [-0.3, -0.25) is 14.4 Å². The van der Waals surface area contributed by atoms with Gasteiger partial charge < -0.3 is 14.9 Å². The van der Waals surface area contributed by atoms with E-state index >= 15 is 0 Å². The van der Waals surface area contributed by atoms with E-state index in [0.717, 1.165) is 44.5 Å². The topological polar surface area (TPSA) is 77.7 Å². The normalized spacial score (nSPS) is 19.9. The molecule has 1 aliphatic carbocycles. The van der Waals surface area contributed by atoms with Crippen molar-refractivity contribution in [3.8, 4) is 0 Å². The standard InChI is InChI=1S/C31H33FN6O2.CH4/c32-24-8-10-26(11-9-24)38-21-36(14-3-15-37-19-25(20-39)33-34-37)30(40)31(38)12-16-35(17-13-31)28-18-23-6-1-4-22-5-2-7-27(28)29(22)23;/h1-2,4-11,19,28,39H,3,12-18,20-21H2;1H4/t28-;/m1./s1. The number of likely N-dealkylation sites (tertiary alicyclic amines) is 1. The zero-order chi connectivity index (χ0) is 27.3. The second-order valence-electron chi connectivity index (χ2n) is 11.2. The van der Waals surface area contributed by atoms with E-state index in [2.05, 4.69) is 56.5 Å². The van der Waals surface area contributed by atoms with Crippen molar-refractivity contribution < 1.29 is 14.3 Å². The molecule has 2 saturated heterocycles. The highest BCUT2D eigenvalue weighted by Crippen LogP contribution is 2.45. The summed E-state index contributed by atoms with van der Waals surface area (Å²) in [5.41, 5.74) is 3.59. The van der Waals surface area contributed by atoms with Gasteiger partial charge in [0.15, 0.2) is 0 Å². The number of aryl methyl sites for hydroxylation is 1. The summed E-state index contributed by atoms with van der Waals surface area (Å²) in [7, 11) is 0. The molecule has 1 amide bonds. The highest BCUT2D eigenvalue weighted by molar-refractivity contribution is 5.94. The van der Waals surface area contributed by atoms with Crippen LogP contribution in [0.1, 0.15) is 49.6 Å². The van der Waals surface area contributed by atoms with Crippen LogP contribution >= 0.6 is 0 Å². The van der Waals surface area contributed by atoms with Crippen molar-refractivity contribution in [1.82, 2.24) is 24.8 Å². The summed E-state index contributed by atoms with van der Waals surface area (Å²) in [5, 5.41) is 19.9. The molecule has 1 N–H and O–H groups in total. The molecule has 1 spiro atoms. The van der Waals surface area contributed by atoms with Crippen molar-refractivity contribution in [3.05, 3.63) is 89.5 Å². The van der Waals surface area contributed by atoms with Crippen LogP contribution in [0.2, 0.25) is 0 Å². The third-order valence-electron chi connectivity index (χ3n) is 9.08. The van der Waals surface area contributed by atoms with Crippen molar-refractivity contribution in [1.29, 1.82) is 0 Å². The van der Waals surface area contributed by atoms with Crippen LogP contribution in [0.3, 0.4) is 0 Å². The van der Waals surface area contributed by atoms with Crippen molar-refractivity contribution in [3.63, 3.8) is 0 Å². The van der Waals surface area contributed by atoms with Crippen LogP contribution in [0, 0.1) is 5.82 Å². The summed E-state index contributed by atoms with van der Waals surface area (Å²) in [6.45, 7) is 3.21. The first-order chi connectivity index (χ1) is 19.6. The second-order valence-corrected chi connectivity index (χ2v) is 11.2. The highest BCUT2D eigenvalue weighted by atomic mass is 19.1. The van der Waals surface area contributed by atoms with E-state index in [1.807, 2.05) is 4.90 Å². The summed E-state index contributed by atoms with van der Waals surface area (Å²) in [6, 6.07) is 20.1. The average molecular weight is 557 g/mol. The maximum atomic E-state index is 14.1. The predicted molar refractivity (Wildman–Crippen MR) is 157 cm³/mol. The van der Waals surface area contributed by atoms with Gasteiger partial charge >= 0.3 is 0 Å². The highest BCUT2D eigenvalue weighted by Gasteiger charge is 2.54. The molecule has 214 valence electrons. The number of halogens is 1. The van der Waals surface area contributed by atoms with Crippen molar-refractivity contribution >= 4 is 22.4 Å². The van der Waals surface area contributed by atoms with Gasteiger partial charge in [-0.05, 0) is 71.8 Å². The summed E-state index contributed by atoms with van der Waals surface area (Å²) in [4.78, 5) is 20.8. The number of nitrogens with zero attached hydrogens (tertiary/aromatic N) is 6. The van der Waals surface area contributed by atoms with Crippen LogP contribution in [-0.4, -0.2) is 67.6 Å². The van der Waals surface area contributed by atoms with Crippen molar-refractivity contribution in [2.75, 3.05) is 31.2 Å². The van der Waals surface area contributed by atoms with Gasteiger partial charge in [0.05, 0.1) is 19.5 Å². The van der Waals surface area contributed by atoms with Gasteiger partial charge in [-0.1, -0.05) is 49.0 Å². The Hall–Kier alpha value is -3.82. The van der Waals surface area contributed by atoms with Crippen LogP contribution < -0.4 is 4.90 Å². The number of hydrogen-bond acceptors (Lipinski definition) is 6. The summed E-state index contributed by atoms with van der Waals surface area (Å²) in [5.74, 6) is -0.122. The molecule has 3 aromatic carbocycles. The maximum absolute atomic E-state index is 14.1. The summed E-state index contributed by atoms with van der Waals surface area (Å²) in [6.07, 6.45) is 4.92. The van der Waals surface area contributed by atoms with E-state index in [0.29, 0.717) is 31.5 Å². The first-order valence-corrected chi connectivity index (χ1v) is 14.1. The minimum Gasteiger partial charge on any atom is -0.390 e. The van der Waals surface area contributed by atoms with E-state index in [1.54, 1.807) is 23.0 Å². The van der Waals surface area contributed by atoms with Gasteiger partial charge in [0.1, 0.15) is 17.1 Å². The van der Waals surface area contributed by atoms with Gasteiger partial charge in [-0.2, -0.15) is 0 Å². The van der Waals surface area contributed by atoms with Gasteiger partial charge in [0.2, 0.25) is 5.91 Å². The number of aliphatic hydroxyl groups excluding tert-OH is 1. The fourth-order valence-electron chi connectivity index (χ4n) is 7.08. The number of amides is 1. The van der Waals surface area contributed by atoms with E-state index < -0.39 is 5.54 Å². The Morgan fingerprint density at radius 2 is 1.76 bits per heavy atom. The SMILES string of the molecule is C.O=C1N(CCCn2cc(CO)nn2)CN(c2ccc(F)cc2)C12CCN([C@@H]1Cc3cccc4cccc1c34)CC2.